The summed E-state index contributed by atoms with van der Waals surface area (Å²) >= 11 is 0. The van der Waals surface area contributed by atoms with Crippen molar-refractivity contribution in [1.82, 2.24) is 0 Å². The second-order valence-electron chi connectivity index (χ2n) is 6.25. The highest BCUT2D eigenvalue weighted by Crippen LogP contribution is 2.11. The summed E-state index contributed by atoms with van der Waals surface area (Å²) < 4.78 is 0. The highest BCUT2D eigenvalue weighted by Gasteiger charge is 1.95. The molecule has 2 N–H and O–H groups in total. The smallest absolute Gasteiger partial charge is 0.0512 e. The van der Waals surface area contributed by atoms with Crippen LogP contribution in [0.3, 0.4) is 0 Å². The Morgan fingerprint density at radius 3 is 1.33 bits per heavy atom. The predicted octanol–water partition coefficient (Wildman–Crippen LogP) is 5.85. The van der Waals surface area contributed by atoms with Crippen molar-refractivity contribution >= 4 is 0 Å². The number of aliphatic hydroxyl groups excluding tert-OH is 2. The molecule has 0 saturated carbocycles. The standard InChI is InChI=1S/C14H30O.C5H12O/c1-3-4-5-6-7-8-9-10-11-12-13-14(2)15;1-2-3-4-5-6/h14-15H,3-13H2,1-2H3;6H,2-5H2,1H3. The van der Waals surface area contributed by atoms with Crippen LogP contribution in [0.4, 0.5) is 0 Å². The maximum Gasteiger partial charge on any atom is 0.0512 e. The van der Waals surface area contributed by atoms with E-state index in [1.54, 1.807) is 0 Å². The fourth-order valence-electron chi connectivity index (χ4n) is 2.29. The minimum atomic E-state index is -0.0981. The first-order valence-corrected chi connectivity index (χ1v) is 9.47. The lowest BCUT2D eigenvalue weighted by Gasteiger charge is -2.04. The van der Waals surface area contributed by atoms with Gasteiger partial charge in [-0.25, -0.2) is 0 Å². The van der Waals surface area contributed by atoms with Gasteiger partial charge in [-0.1, -0.05) is 90.9 Å². The Morgan fingerprint density at radius 2 is 1.00 bits per heavy atom. The summed E-state index contributed by atoms with van der Waals surface area (Å²) in [5.74, 6) is 0. The Kier molecular flexibility index (Phi) is 24.5. The van der Waals surface area contributed by atoms with E-state index in [0.717, 1.165) is 19.3 Å². The summed E-state index contributed by atoms with van der Waals surface area (Å²) in [4.78, 5) is 0. The highest BCUT2D eigenvalue weighted by molar-refractivity contribution is 4.50. The summed E-state index contributed by atoms with van der Waals surface area (Å²) in [7, 11) is 0. The Labute approximate surface area is 134 Å². The van der Waals surface area contributed by atoms with Crippen molar-refractivity contribution in [2.45, 2.75) is 117 Å². The third kappa shape index (κ3) is 28.7. The molecule has 0 saturated heterocycles. The van der Waals surface area contributed by atoms with Crippen LogP contribution in [0.25, 0.3) is 0 Å². The molecule has 0 radical (unpaired) electrons. The van der Waals surface area contributed by atoms with Gasteiger partial charge in [-0.15, -0.1) is 0 Å². The van der Waals surface area contributed by atoms with E-state index in [4.69, 9.17) is 10.2 Å². The van der Waals surface area contributed by atoms with Crippen molar-refractivity contribution in [2.75, 3.05) is 6.61 Å². The maximum atomic E-state index is 9.08. The highest BCUT2D eigenvalue weighted by atomic mass is 16.3. The minimum absolute atomic E-state index is 0.0981. The van der Waals surface area contributed by atoms with Crippen LogP contribution in [-0.2, 0) is 0 Å². The molecular weight excluding hydrogens is 260 g/mol. The van der Waals surface area contributed by atoms with Crippen molar-refractivity contribution in [3.8, 4) is 0 Å². The van der Waals surface area contributed by atoms with Crippen molar-refractivity contribution in [3.05, 3.63) is 0 Å². The molecule has 1 atom stereocenters. The number of rotatable bonds is 14. The Balaban J connectivity index is 0. The van der Waals surface area contributed by atoms with E-state index in [1.165, 1.54) is 70.6 Å². The number of aliphatic hydroxyl groups is 2. The molecule has 0 rings (SSSR count). The number of hydrogen-bond donors (Lipinski definition) is 2. The summed E-state index contributed by atoms with van der Waals surface area (Å²) in [6.45, 7) is 6.62. The van der Waals surface area contributed by atoms with Gasteiger partial charge in [-0.2, -0.15) is 0 Å². The van der Waals surface area contributed by atoms with Crippen LogP contribution < -0.4 is 0 Å². The molecular formula is C19H42O2. The molecule has 2 heteroatoms. The van der Waals surface area contributed by atoms with E-state index in [1.807, 2.05) is 6.92 Å². The topological polar surface area (TPSA) is 40.5 Å². The second kappa shape index (κ2) is 22.2. The number of hydrogen-bond acceptors (Lipinski definition) is 2. The molecule has 0 aromatic heterocycles. The van der Waals surface area contributed by atoms with Crippen LogP contribution in [-0.4, -0.2) is 22.9 Å². The van der Waals surface area contributed by atoms with Crippen LogP contribution in [0.5, 0.6) is 0 Å². The molecule has 0 heterocycles. The van der Waals surface area contributed by atoms with Gasteiger partial charge in [-0.3, -0.25) is 0 Å². The zero-order valence-electron chi connectivity index (χ0n) is 15.1. The van der Waals surface area contributed by atoms with E-state index >= 15 is 0 Å². The maximum absolute atomic E-state index is 9.08. The largest absolute Gasteiger partial charge is 0.396 e. The average Bonchev–Trinajstić information content (AvgIpc) is 2.47. The molecule has 0 aliphatic heterocycles. The van der Waals surface area contributed by atoms with Gasteiger partial charge in [0.2, 0.25) is 0 Å². The minimum Gasteiger partial charge on any atom is -0.396 e. The first-order chi connectivity index (χ1) is 10.2. The van der Waals surface area contributed by atoms with E-state index in [0.29, 0.717) is 6.61 Å². The zero-order valence-corrected chi connectivity index (χ0v) is 15.1. The summed E-state index contributed by atoms with van der Waals surface area (Å²) in [6.07, 6.45) is 17.9. The molecule has 0 aromatic carbocycles. The van der Waals surface area contributed by atoms with Crippen molar-refractivity contribution in [2.24, 2.45) is 0 Å². The monoisotopic (exact) mass is 302 g/mol. The zero-order chi connectivity index (χ0) is 16.2. The SMILES string of the molecule is CCCCCCCCCCCCC(C)O.CCCCCO. The van der Waals surface area contributed by atoms with Gasteiger partial charge in [0.25, 0.3) is 0 Å². The molecule has 130 valence electrons. The van der Waals surface area contributed by atoms with Crippen molar-refractivity contribution < 1.29 is 10.2 Å². The third-order valence-electron chi connectivity index (χ3n) is 3.74. The lowest BCUT2D eigenvalue weighted by molar-refractivity contribution is 0.180. The molecule has 0 aliphatic rings. The van der Waals surface area contributed by atoms with Crippen LogP contribution in [0.15, 0.2) is 0 Å². The molecule has 2 nitrogen and oxygen atoms in total. The summed E-state index contributed by atoms with van der Waals surface area (Å²) in [5.41, 5.74) is 0. The molecule has 0 bridgehead atoms. The Hall–Kier alpha value is -0.0800. The molecule has 0 amide bonds. The Bertz CT molecular complexity index is 154. The van der Waals surface area contributed by atoms with E-state index in [9.17, 15) is 0 Å². The van der Waals surface area contributed by atoms with Crippen LogP contribution in [0.1, 0.15) is 111 Å². The van der Waals surface area contributed by atoms with Gasteiger partial charge in [0.15, 0.2) is 0 Å². The second-order valence-corrected chi connectivity index (χ2v) is 6.25. The fraction of sp³-hybridized carbons (Fsp3) is 1.00. The lowest BCUT2D eigenvalue weighted by atomic mass is 10.1. The van der Waals surface area contributed by atoms with E-state index in [2.05, 4.69) is 13.8 Å². The Morgan fingerprint density at radius 1 is 0.619 bits per heavy atom. The normalized spacial score (nSPS) is 11.9. The first kappa shape index (κ1) is 23.2. The molecule has 1 unspecified atom stereocenters. The molecule has 0 aliphatic carbocycles. The lowest BCUT2D eigenvalue weighted by Crippen LogP contribution is -1.98. The van der Waals surface area contributed by atoms with Gasteiger partial charge in [0, 0.05) is 6.61 Å². The third-order valence-corrected chi connectivity index (χ3v) is 3.74. The number of unbranched alkanes of at least 4 members (excludes halogenated alkanes) is 11. The van der Waals surface area contributed by atoms with Crippen LogP contribution >= 0.6 is 0 Å². The first-order valence-electron chi connectivity index (χ1n) is 9.47. The van der Waals surface area contributed by atoms with Gasteiger partial charge in [-0.05, 0) is 19.8 Å². The molecule has 0 aromatic rings. The van der Waals surface area contributed by atoms with Gasteiger partial charge in [0.1, 0.15) is 0 Å². The van der Waals surface area contributed by atoms with E-state index < -0.39 is 0 Å². The van der Waals surface area contributed by atoms with Crippen LogP contribution in [0.2, 0.25) is 0 Å². The fourth-order valence-corrected chi connectivity index (χ4v) is 2.29. The van der Waals surface area contributed by atoms with E-state index in [-0.39, 0.29) is 6.10 Å². The predicted molar refractivity (Wildman–Crippen MR) is 94.8 cm³/mol. The quantitative estimate of drug-likeness (QED) is 0.395. The van der Waals surface area contributed by atoms with Crippen LogP contribution in [0, 0.1) is 0 Å². The molecule has 0 spiro atoms. The van der Waals surface area contributed by atoms with Gasteiger partial charge in [0.05, 0.1) is 6.10 Å². The van der Waals surface area contributed by atoms with Gasteiger partial charge >= 0.3 is 0 Å². The summed E-state index contributed by atoms with van der Waals surface area (Å²) in [5, 5.41) is 17.3. The van der Waals surface area contributed by atoms with Gasteiger partial charge < -0.3 is 10.2 Å². The van der Waals surface area contributed by atoms with Crippen molar-refractivity contribution in [1.29, 1.82) is 0 Å². The average molecular weight is 303 g/mol. The molecule has 0 fully saturated rings. The molecule has 21 heavy (non-hydrogen) atoms. The summed E-state index contributed by atoms with van der Waals surface area (Å²) in [6, 6.07) is 0. The van der Waals surface area contributed by atoms with Crippen molar-refractivity contribution in [3.63, 3.8) is 0 Å².